The number of oxime groups is 1. The molecule has 5 nitrogen and oxygen atoms in total. The predicted octanol–water partition coefficient (Wildman–Crippen LogP) is 2.19. The van der Waals surface area contributed by atoms with Crippen LogP contribution in [0.5, 0.6) is 5.75 Å². The molecule has 1 aromatic rings. The Morgan fingerprint density at radius 2 is 2.20 bits per heavy atom. The molecule has 0 radical (unpaired) electrons. The van der Waals surface area contributed by atoms with Gasteiger partial charge in [0.05, 0.1) is 5.71 Å². The third-order valence-electron chi connectivity index (χ3n) is 3.52. The second kappa shape index (κ2) is 5.94. The molecular formula is C15H20N2O3. The summed E-state index contributed by atoms with van der Waals surface area (Å²) in [4.78, 5) is 13.7. The van der Waals surface area contributed by atoms with E-state index in [9.17, 15) is 4.79 Å². The third kappa shape index (κ3) is 3.29. The smallest absolute Gasteiger partial charge is 0.260 e. The lowest BCUT2D eigenvalue weighted by Crippen LogP contribution is -2.33. The maximum Gasteiger partial charge on any atom is 0.260 e. The Morgan fingerprint density at radius 1 is 1.50 bits per heavy atom. The van der Waals surface area contributed by atoms with Crippen molar-refractivity contribution in [3.05, 3.63) is 29.3 Å². The highest BCUT2D eigenvalue weighted by Gasteiger charge is 2.29. The van der Waals surface area contributed by atoms with Crippen molar-refractivity contribution in [2.75, 3.05) is 13.7 Å². The Labute approximate surface area is 118 Å². The first kappa shape index (κ1) is 14.4. The van der Waals surface area contributed by atoms with Crippen LogP contribution in [0.2, 0.25) is 0 Å². The van der Waals surface area contributed by atoms with Gasteiger partial charge >= 0.3 is 0 Å². The highest BCUT2D eigenvalue weighted by molar-refractivity contribution is 6.00. The van der Waals surface area contributed by atoms with Gasteiger partial charge in [0.1, 0.15) is 5.75 Å². The number of aryl methyl sites for hydroxylation is 1. The van der Waals surface area contributed by atoms with Crippen LogP contribution in [0.3, 0.4) is 0 Å². The number of likely N-dealkylation sites (N-methyl/N-ethyl adjacent to an activating group) is 1. The van der Waals surface area contributed by atoms with E-state index in [1.165, 1.54) is 0 Å². The maximum atomic E-state index is 12.0. The maximum absolute atomic E-state index is 12.0. The van der Waals surface area contributed by atoms with Gasteiger partial charge in [-0.05, 0) is 44.4 Å². The standard InChI is InChI=1S/C15H20N2O3/c1-10-4-7-13(11(2)16-19)14(8-10)20-9-15(18)17(3)12-5-6-12/h4,7-8,12,19H,5-6,9H2,1-3H3. The summed E-state index contributed by atoms with van der Waals surface area (Å²) in [5, 5.41) is 12.1. The fourth-order valence-corrected chi connectivity index (χ4v) is 2.01. The van der Waals surface area contributed by atoms with Gasteiger partial charge in [0.15, 0.2) is 6.61 Å². The summed E-state index contributed by atoms with van der Waals surface area (Å²) < 4.78 is 5.62. The molecular weight excluding hydrogens is 256 g/mol. The van der Waals surface area contributed by atoms with E-state index in [0.717, 1.165) is 18.4 Å². The quantitative estimate of drug-likeness (QED) is 0.509. The summed E-state index contributed by atoms with van der Waals surface area (Å²) in [6.07, 6.45) is 2.16. The molecule has 1 aliphatic rings. The largest absolute Gasteiger partial charge is 0.483 e. The van der Waals surface area contributed by atoms with Crippen molar-refractivity contribution in [2.45, 2.75) is 32.7 Å². The number of carbonyl (C=O) groups is 1. The van der Waals surface area contributed by atoms with Gasteiger partial charge in [0.2, 0.25) is 0 Å². The molecule has 1 fully saturated rings. The van der Waals surface area contributed by atoms with Crippen molar-refractivity contribution in [3.8, 4) is 5.75 Å². The van der Waals surface area contributed by atoms with Crippen molar-refractivity contribution < 1.29 is 14.7 Å². The first-order chi connectivity index (χ1) is 9.52. The zero-order valence-electron chi connectivity index (χ0n) is 12.1. The average molecular weight is 276 g/mol. The van der Waals surface area contributed by atoms with Crippen molar-refractivity contribution >= 4 is 11.6 Å². The van der Waals surface area contributed by atoms with Gasteiger partial charge in [-0.2, -0.15) is 0 Å². The summed E-state index contributed by atoms with van der Waals surface area (Å²) in [5.74, 6) is 0.538. The molecule has 20 heavy (non-hydrogen) atoms. The lowest BCUT2D eigenvalue weighted by Gasteiger charge is -2.17. The van der Waals surface area contributed by atoms with Gasteiger partial charge in [-0.3, -0.25) is 4.79 Å². The van der Waals surface area contributed by atoms with Crippen LogP contribution in [0.4, 0.5) is 0 Å². The molecule has 1 N–H and O–H groups in total. The average Bonchev–Trinajstić information content (AvgIpc) is 3.27. The van der Waals surface area contributed by atoms with Gasteiger partial charge in [-0.25, -0.2) is 0 Å². The molecule has 0 atom stereocenters. The van der Waals surface area contributed by atoms with Crippen molar-refractivity contribution in [2.24, 2.45) is 5.16 Å². The van der Waals surface area contributed by atoms with Crippen LogP contribution in [0, 0.1) is 6.92 Å². The Hall–Kier alpha value is -2.04. The SMILES string of the molecule is CC(=NO)c1ccc(C)cc1OCC(=O)N(C)C1CC1. The number of hydrogen-bond acceptors (Lipinski definition) is 4. The molecule has 108 valence electrons. The van der Waals surface area contributed by atoms with Crippen LogP contribution in [0.1, 0.15) is 30.9 Å². The number of nitrogens with zero attached hydrogens (tertiary/aromatic N) is 2. The van der Waals surface area contributed by atoms with Gasteiger partial charge in [0, 0.05) is 18.7 Å². The van der Waals surface area contributed by atoms with Crippen molar-refractivity contribution in [3.63, 3.8) is 0 Å². The Balaban J connectivity index is 2.07. The molecule has 1 aliphatic carbocycles. The minimum atomic E-state index is -0.0291. The Kier molecular flexibility index (Phi) is 4.27. The molecule has 0 aliphatic heterocycles. The molecule has 1 saturated carbocycles. The minimum Gasteiger partial charge on any atom is -0.483 e. The highest BCUT2D eigenvalue weighted by Crippen LogP contribution is 2.26. The monoisotopic (exact) mass is 276 g/mol. The summed E-state index contributed by atoms with van der Waals surface area (Å²) in [5.41, 5.74) is 2.18. The number of ether oxygens (including phenoxy) is 1. The third-order valence-corrected chi connectivity index (χ3v) is 3.52. The summed E-state index contributed by atoms with van der Waals surface area (Å²) >= 11 is 0. The van der Waals surface area contributed by atoms with Crippen LogP contribution in [0.15, 0.2) is 23.4 Å². The molecule has 0 saturated heterocycles. The van der Waals surface area contributed by atoms with E-state index < -0.39 is 0 Å². The molecule has 0 spiro atoms. The van der Waals surface area contributed by atoms with Crippen LogP contribution in [-0.4, -0.2) is 41.4 Å². The van der Waals surface area contributed by atoms with E-state index in [0.29, 0.717) is 23.1 Å². The van der Waals surface area contributed by atoms with E-state index in [4.69, 9.17) is 9.94 Å². The van der Waals surface area contributed by atoms with E-state index >= 15 is 0 Å². The normalized spacial score (nSPS) is 15.1. The summed E-state index contributed by atoms with van der Waals surface area (Å²) in [6.45, 7) is 3.64. The number of amides is 1. The van der Waals surface area contributed by atoms with Crippen LogP contribution < -0.4 is 4.74 Å². The number of carbonyl (C=O) groups excluding carboxylic acids is 1. The number of benzene rings is 1. The molecule has 1 aromatic carbocycles. The highest BCUT2D eigenvalue weighted by atomic mass is 16.5. The second-order valence-corrected chi connectivity index (χ2v) is 5.21. The van der Waals surface area contributed by atoms with Crippen LogP contribution in [-0.2, 0) is 4.79 Å². The predicted molar refractivity (Wildman–Crippen MR) is 76.5 cm³/mol. The minimum absolute atomic E-state index is 0.00214. The van der Waals surface area contributed by atoms with Crippen molar-refractivity contribution in [1.82, 2.24) is 4.90 Å². The first-order valence-electron chi connectivity index (χ1n) is 6.71. The zero-order valence-corrected chi connectivity index (χ0v) is 12.1. The summed E-state index contributed by atoms with van der Waals surface area (Å²) in [6, 6.07) is 5.96. The zero-order chi connectivity index (χ0) is 14.7. The van der Waals surface area contributed by atoms with E-state index in [1.807, 2.05) is 25.1 Å². The van der Waals surface area contributed by atoms with E-state index in [-0.39, 0.29) is 12.5 Å². The lowest BCUT2D eigenvalue weighted by atomic mass is 10.1. The van der Waals surface area contributed by atoms with Gasteiger partial charge in [-0.15, -0.1) is 0 Å². The van der Waals surface area contributed by atoms with E-state index in [2.05, 4.69) is 5.16 Å². The number of hydrogen-bond donors (Lipinski definition) is 1. The molecule has 5 heteroatoms. The molecule has 0 heterocycles. The van der Waals surface area contributed by atoms with Gasteiger partial charge in [0.25, 0.3) is 5.91 Å². The van der Waals surface area contributed by atoms with Gasteiger partial charge in [-0.1, -0.05) is 11.2 Å². The Morgan fingerprint density at radius 3 is 2.80 bits per heavy atom. The number of rotatable bonds is 5. The first-order valence-corrected chi connectivity index (χ1v) is 6.71. The molecule has 2 rings (SSSR count). The molecule has 1 amide bonds. The van der Waals surface area contributed by atoms with Gasteiger partial charge < -0.3 is 14.8 Å². The van der Waals surface area contributed by atoms with Crippen LogP contribution >= 0.6 is 0 Å². The van der Waals surface area contributed by atoms with Crippen molar-refractivity contribution in [1.29, 1.82) is 0 Å². The molecule has 0 bridgehead atoms. The summed E-state index contributed by atoms with van der Waals surface area (Å²) in [7, 11) is 1.81. The lowest BCUT2D eigenvalue weighted by molar-refractivity contribution is -0.132. The Bertz CT molecular complexity index is 536. The molecule has 0 unspecified atom stereocenters. The fourth-order valence-electron chi connectivity index (χ4n) is 2.01. The topological polar surface area (TPSA) is 62.1 Å². The second-order valence-electron chi connectivity index (χ2n) is 5.21. The van der Waals surface area contributed by atoms with E-state index in [1.54, 1.807) is 18.9 Å². The van der Waals surface area contributed by atoms with Crippen LogP contribution in [0.25, 0.3) is 0 Å². The fraction of sp³-hybridized carbons (Fsp3) is 0.467. The molecule has 0 aromatic heterocycles.